The molecule has 3 amide bonds. The summed E-state index contributed by atoms with van der Waals surface area (Å²) in [6, 6.07) is 14.4. The first kappa shape index (κ1) is 18.7. The molecule has 7 heteroatoms. The Bertz CT molecular complexity index is 903. The number of nitrogens with zero attached hydrogens (tertiary/aromatic N) is 3. The number of piperazine rings is 1. The molecule has 2 aromatic carbocycles. The smallest absolute Gasteiger partial charge is 0.262 e. The Hall–Kier alpha value is -2.70. The number of benzene rings is 2. The van der Waals surface area contributed by atoms with Crippen molar-refractivity contribution in [3.8, 4) is 0 Å². The molecule has 0 spiro atoms. The fourth-order valence-electron chi connectivity index (χ4n) is 3.64. The van der Waals surface area contributed by atoms with Crippen LogP contribution in [-0.4, -0.2) is 65.1 Å². The second-order valence-electron chi connectivity index (χ2n) is 6.99. The fourth-order valence-corrected chi connectivity index (χ4v) is 3.84. The first-order valence-corrected chi connectivity index (χ1v) is 9.61. The second kappa shape index (κ2) is 7.73. The van der Waals surface area contributed by atoms with Gasteiger partial charge in [-0.1, -0.05) is 41.9 Å². The van der Waals surface area contributed by atoms with E-state index in [9.17, 15) is 14.4 Å². The largest absolute Gasteiger partial charge is 0.339 e. The van der Waals surface area contributed by atoms with Crippen LogP contribution in [0.1, 0.15) is 26.3 Å². The highest BCUT2D eigenvalue weighted by molar-refractivity contribution is 6.31. The minimum Gasteiger partial charge on any atom is -0.339 e. The van der Waals surface area contributed by atoms with E-state index in [1.807, 2.05) is 24.3 Å². The summed E-state index contributed by atoms with van der Waals surface area (Å²) in [6.07, 6.45) is 0. The number of rotatable bonds is 4. The Morgan fingerprint density at radius 3 is 2.04 bits per heavy atom. The highest BCUT2D eigenvalue weighted by atomic mass is 35.5. The van der Waals surface area contributed by atoms with Crippen LogP contribution in [0.15, 0.2) is 48.5 Å². The van der Waals surface area contributed by atoms with Gasteiger partial charge >= 0.3 is 0 Å². The summed E-state index contributed by atoms with van der Waals surface area (Å²) in [5.41, 5.74) is 1.80. The molecule has 0 atom stereocenters. The van der Waals surface area contributed by atoms with E-state index in [1.54, 1.807) is 29.2 Å². The summed E-state index contributed by atoms with van der Waals surface area (Å²) in [4.78, 5) is 42.5. The van der Waals surface area contributed by atoms with E-state index >= 15 is 0 Å². The Kier molecular flexibility index (Phi) is 5.15. The molecule has 0 saturated carbocycles. The van der Waals surface area contributed by atoms with Crippen LogP contribution in [0.3, 0.4) is 0 Å². The summed E-state index contributed by atoms with van der Waals surface area (Å²) in [5.74, 6) is -0.996. The van der Waals surface area contributed by atoms with Crippen molar-refractivity contribution in [1.82, 2.24) is 14.7 Å². The third kappa shape index (κ3) is 3.53. The lowest BCUT2D eigenvalue weighted by atomic mass is 10.1. The van der Waals surface area contributed by atoms with Crippen LogP contribution in [0, 0.1) is 0 Å². The lowest BCUT2D eigenvalue weighted by molar-refractivity contribution is -0.133. The van der Waals surface area contributed by atoms with E-state index in [4.69, 9.17) is 11.6 Å². The van der Waals surface area contributed by atoms with Gasteiger partial charge in [0.05, 0.1) is 11.1 Å². The van der Waals surface area contributed by atoms with E-state index in [0.717, 1.165) is 35.1 Å². The summed E-state index contributed by atoms with van der Waals surface area (Å²) in [7, 11) is 0. The second-order valence-corrected chi connectivity index (χ2v) is 7.40. The predicted molar refractivity (Wildman–Crippen MR) is 105 cm³/mol. The molecule has 2 heterocycles. The van der Waals surface area contributed by atoms with Crippen molar-refractivity contribution in [2.45, 2.75) is 6.54 Å². The normalized spacial score (nSPS) is 17.2. The van der Waals surface area contributed by atoms with E-state index < -0.39 is 11.8 Å². The first-order chi connectivity index (χ1) is 13.5. The molecule has 0 bridgehead atoms. The number of carbonyl (C=O) groups is 3. The summed E-state index contributed by atoms with van der Waals surface area (Å²) in [6.45, 7) is 3.09. The van der Waals surface area contributed by atoms with Crippen LogP contribution in [0.2, 0.25) is 5.02 Å². The Morgan fingerprint density at radius 2 is 1.43 bits per heavy atom. The van der Waals surface area contributed by atoms with Gasteiger partial charge in [0.1, 0.15) is 6.54 Å². The highest BCUT2D eigenvalue weighted by Crippen LogP contribution is 2.22. The minimum absolute atomic E-state index is 0.202. The summed E-state index contributed by atoms with van der Waals surface area (Å²) < 4.78 is 0. The highest BCUT2D eigenvalue weighted by Gasteiger charge is 2.37. The van der Waals surface area contributed by atoms with Crippen LogP contribution < -0.4 is 0 Å². The maximum absolute atomic E-state index is 12.7. The standard InChI is InChI=1S/C21H20ClN3O3/c22-18-8-4-1-5-15(18)13-23-9-11-24(12-10-23)19(26)14-25-20(27)16-6-2-3-7-17(16)21(25)28/h1-8H,9-14H2. The summed E-state index contributed by atoms with van der Waals surface area (Å²) >= 11 is 6.22. The van der Waals surface area contributed by atoms with Crippen LogP contribution in [0.5, 0.6) is 0 Å². The molecule has 0 radical (unpaired) electrons. The molecule has 144 valence electrons. The third-order valence-corrected chi connectivity index (χ3v) is 5.62. The monoisotopic (exact) mass is 397 g/mol. The average molecular weight is 398 g/mol. The number of fused-ring (bicyclic) bond motifs is 1. The average Bonchev–Trinajstić information content (AvgIpc) is 2.95. The van der Waals surface area contributed by atoms with Crippen LogP contribution >= 0.6 is 11.6 Å². The van der Waals surface area contributed by atoms with Gasteiger partial charge < -0.3 is 4.90 Å². The van der Waals surface area contributed by atoms with Crippen molar-refractivity contribution in [1.29, 1.82) is 0 Å². The van der Waals surface area contributed by atoms with Gasteiger partial charge in [0.25, 0.3) is 11.8 Å². The van der Waals surface area contributed by atoms with Gasteiger partial charge in [-0.15, -0.1) is 0 Å². The van der Waals surface area contributed by atoms with Gasteiger partial charge in [0, 0.05) is 37.7 Å². The van der Waals surface area contributed by atoms with Crippen molar-refractivity contribution in [3.05, 3.63) is 70.2 Å². The molecule has 0 unspecified atom stereocenters. The lowest BCUT2D eigenvalue weighted by Gasteiger charge is -2.35. The molecule has 0 aliphatic carbocycles. The number of halogens is 1. The topological polar surface area (TPSA) is 60.9 Å². The Morgan fingerprint density at radius 1 is 0.857 bits per heavy atom. The van der Waals surface area contributed by atoms with Crippen LogP contribution in [0.4, 0.5) is 0 Å². The zero-order chi connectivity index (χ0) is 19.7. The minimum atomic E-state index is -0.397. The van der Waals surface area contributed by atoms with Gasteiger partial charge in [0.15, 0.2) is 0 Å². The molecule has 28 heavy (non-hydrogen) atoms. The molecule has 1 fully saturated rings. The maximum atomic E-state index is 12.7. The molecule has 4 rings (SSSR count). The van der Waals surface area contributed by atoms with Crippen molar-refractivity contribution in [3.63, 3.8) is 0 Å². The Balaban J connectivity index is 1.33. The summed E-state index contributed by atoms with van der Waals surface area (Å²) in [5, 5.41) is 0.742. The molecule has 2 aliphatic rings. The van der Waals surface area contributed by atoms with Gasteiger partial charge in [-0.2, -0.15) is 0 Å². The number of carbonyl (C=O) groups excluding carboxylic acids is 3. The predicted octanol–water partition coefficient (Wildman–Crippen LogP) is 2.28. The molecule has 2 aromatic rings. The maximum Gasteiger partial charge on any atom is 0.262 e. The quantitative estimate of drug-likeness (QED) is 0.743. The third-order valence-electron chi connectivity index (χ3n) is 5.25. The fraction of sp³-hybridized carbons (Fsp3) is 0.286. The van der Waals surface area contributed by atoms with Crippen molar-refractivity contribution in [2.24, 2.45) is 0 Å². The molecule has 0 aromatic heterocycles. The van der Waals surface area contributed by atoms with Gasteiger partial charge in [-0.05, 0) is 23.8 Å². The van der Waals surface area contributed by atoms with Gasteiger partial charge in [-0.3, -0.25) is 24.2 Å². The van der Waals surface area contributed by atoms with E-state index in [-0.39, 0.29) is 12.5 Å². The number of amides is 3. The van der Waals surface area contributed by atoms with Crippen LogP contribution in [0.25, 0.3) is 0 Å². The van der Waals surface area contributed by atoms with E-state index in [0.29, 0.717) is 24.2 Å². The van der Waals surface area contributed by atoms with Crippen LogP contribution in [-0.2, 0) is 11.3 Å². The van der Waals surface area contributed by atoms with E-state index in [2.05, 4.69) is 4.90 Å². The molecular weight excluding hydrogens is 378 g/mol. The Labute approximate surface area is 168 Å². The van der Waals surface area contributed by atoms with Crippen molar-refractivity contribution >= 4 is 29.3 Å². The number of imide groups is 1. The number of hydrogen-bond donors (Lipinski definition) is 0. The van der Waals surface area contributed by atoms with Crippen molar-refractivity contribution < 1.29 is 14.4 Å². The van der Waals surface area contributed by atoms with Gasteiger partial charge in [0.2, 0.25) is 5.91 Å². The molecule has 0 N–H and O–H groups in total. The SMILES string of the molecule is O=C(CN1C(=O)c2ccccc2C1=O)N1CCN(Cc2ccccc2Cl)CC1. The zero-order valence-corrected chi connectivity index (χ0v) is 16.1. The molecular formula is C21H20ClN3O3. The number of hydrogen-bond acceptors (Lipinski definition) is 4. The lowest BCUT2D eigenvalue weighted by Crippen LogP contribution is -2.51. The molecule has 2 aliphatic heterocycles. The molecule has 6 nitrogen and oxygen atoms in total. The molecule has 1 saturated heterocycles. The van der Waals surface area contributed by atoms with Crippen molar-refractivity contribution in [2.75, 3.05) is 32.7 Å². The van der Waals surface area contributed by atoms with Gasteiger partial charge in [-0.25, -0.2) is 0 Å². The zero-order valence-electron chi connectivity index (χ0n) is 15.3. The van der Waals surface area contributed by atoms with E-state index in [1.165, 1.54) is 0 Å². The first-order valence-electron chi connectivity index (χ1n) is 9.23.